The number of carbonyl (C=O) groups excluding carboxylic acids is 1. The van der Waals surface area contributed by atoms with Crippen molar-refractivity contribution < 1.29 is 14.3 Å². The molecule has 6 nitrogen and oxygen atoms in total. The molecule has 138 valence electrons. The summed E-state index contributed by atoms with van der Waals surface area (Å²) in [4.78, 5) is 18.4. The van der Waals surface area contributed by atoms with Crippen molar-refractivity contribution in [2.45, 2.75) is 25.3 Å². The third kappa shape index (κ3) is 4.65. The van der Waals surface area contributed by atoms with Crippen LogP contribution in [0.3, 0.4) is 0 Å². The Morgan fingerprint density at radius 2 is 1.92 bits per heavy atom. The van der Waals surface area contributed by atoms with Crippen molar-refractivity contribution in [3.05, 3.63) is 54.4 Å². The van der Waals surface area contributed by atoms with Crippen LogP contribution in [0.1, 0.15) is 30.9 Å². The number of likely N-dealkylation sites (tertiary alicyclic amines) is 1. The van der Waals surface area contributed by atoms with Crippen LogP contribution in [0.4, 0.5) is 4.79 Å². The first-order valence-electron chi connectivity index (χ1n) is 8.99. The van der Waals surface area contributed by atoms with Crippen molar-refractivity contribution in [2.24, 2.45) is 0 Å². The van der Waals surface area contributed by atoms with Crippen molar-refractivity contribution in [3.8, 4) is 11.5 Å². The number of hydrogen-bond donors (Lipinski definition) is 1. The van der Waals surface area contributed by atoms with Gasteiger partial charge in [0.15, 0.2) is 0 Å². The van der Waals surface area contributed by atoms with E-state index >= 15 is 0 Å². The molecule has 26 heavy (non-hydrogen) atoms. The molecule has 2 amide bonds. The number of nitrogens with zero attached hydrogens (tertiary/aromatic N) is 2. The number of aromatic nitrogens is 1. The lowest BCUT2D eigenvalue weighted by molar-refractivity contribution is 0.192. The zero-order chi connectivity index (χ0) is 18.2. The number of amides is 2. The Bertz CT molecular complexity index is 691. The van der Waals surface area contributed by atoms with Gasteiger partial charge in [0.1, 0.15) is 11.5 Å². The summed E-state index contributed by atoms with van der Waals surface area (Å²) in [5.41, 5.74) is 1.15. The predicted molar refractivity (Wildman–Crippen MR) is 99.4 cm³/mol. The van der Waals surface area contributed by atoms with Crippen molar-refractivity contribution in [1.82, 2.24) is 15.2 Å². The van der Waals surface area contributed by atoms with Crippen LogP contribution in [0.15, 0.2) is 48.8 Å². The Hall–Kier alpha value is -2.76. The average molecular weight is 355 g/mol. The molecule has 2 aromatic rings. The Kier molecular flexibility index (Phi) is 6.30. The van der Waals surface area contributed by atoms with E-state index in [1.54, 1.807) is 19.5 Å². The molecule has 0 radical (unpaired) electrons. The molecule has 1 fully saturated rings. The Morgan fingerprint density at radius 3 is 2.65 bits per heavy atom. The molecule has 3 rings (SSSR count). The van der Waals surface area contributed by atoms with Gasteiger partial charge in [0.25, 0.3) is 0 Å². The average Bonchev–Trinajstić information content (AvgIpc) is 3.19. The molecule has 1 aromatic carbocycles. The summed E-state index contributed by atoms with van der Waals surface area (Å²) in [6.45, 7) is 1.94. The first kappa shape index (κ1) is 18.0. The lowest BCUT2D eigenvalue weighted by Crippen LogP contribution is -2.40. The molecule has 0 unspecified atom stereocenters. The van der Waals surface area contributed by atoms with Gasteiger partial charge in [-0.3, -0.25) is 4.98 Å². The Labute approximate surface area is 154 Å². The number of ether oxygens (including phenoxy) is 2. The quantitative estimate of drug-likeness (QED) is 0.773. The number of carbonyl (C=O) groups is 1. The zero-order valence-corrected chi connectivity index (χ0v) is 15.1. The second-order valence-electron chi connectivity index (χ2n) is 6.24. The van der Waals surface area contributed by atoms with Crippen LogP contribution in [-0.4, -0.2) is 42.7 Å². The molecule has 0 bridgehead atoms. The third-order valence-corrected chi connectivity index (χ3v) is 4.53. The van der Waals surface area contributed by atoms with Crippen LogP contribution >= 0.6 is 0 Å². The zero-order valence-electron chi connectivity index (χ0n) is 15.1. The van der Waals surface area contributed by atoms with Crippen LogP contribution < -0.4 is 14.8 Å². The van der Waals surface area contributed by atoms with Crippen LogP contribution in [0.2, 0.25) is 0 Å². The molecule has 1 aromatic heterocycles. The van der Waals surface area contributed by atoms with Crippen LogP contribution in [-0.2, 0) is 0 Å². The van der Waals surface area contributed by atoms with Crippen LogP contribution in [0.25, 0.3) is 0 Å². The number of urea groups is 1. The number of benzene rings is 1. The fourth-order valence-electron chi connectivity index (χ4n) is 3.17. The second-order valence-corrected chi connectivity index (χ2v) is 6.24. The van der Waals surface area contributed by atoms with E-state index in [1.165, 1.54) is 0 Å². The number of pyridine rings is 1. The first-order chi connectivity index (χ1) is 12.8. The van der Waals surface area contributed by atoms with Gasteiger partial charge >= 0.3 is 6.03 Å². The van der Waals surface area contributed by atoms with E-state index in [9.17, 15) is 4.79 Å². The van der Waals surface area contributed by atoms with Gasteiger partial charge in [0.05, 0.1) is 19.8 Å². The summed E-state index contributed by atoms with van der Waals surface area (Å²) in [5, 5.41) is 3.00. The SMILES string of the molecule is COc1ccc(OCCCNC(=O)N2CCC[C@@H]2c2ccncc2)cc1. The topological polar surface area (TPSA) is 63.7 Å². The van der Waals surface area contributed by atoms with Gasteiger partial charge < -0.3 is 19.7 Å². The molecular weight excluding hydrogens is 330 g/mol. The van der Waals surface area contributed by atoms with Crippen molar-refractivity contribution in [1.29, 1.82) is 0 Å². The number of rotatable bonds is 7. The standard InChI is InChI=1S/C20H25N3O3/c1-25-17-5-7-18(8-6-17)26-15-3-11-22-20(24)23-14-2-4-19(23)16-9-12-21-13-10-16/h5-10,12-13,19H,2-4,11,14-15H2,1H3,(H,22,24)/t19-/m1/s1. The van der Waals surface area contributed by atoms with E-state index in [1.807, 2.05) is 41.3 Å². The monoisotopic (exact) mass is 355 g/mol. The largest absolute Gasteiger partial charge is 0.497 e. The minimum Gasteiger partial charge on any atom is -0.497 e. The lowest BCUT2D eigenvalue weighted by Gasteiger charge is -2.25. The summed E-state index contributed by atoms with van der Waals surface area (Å²) in [7, 11) is 1.64. The number of methoxy groups -OCH3 is 1. The minimum absolute atomic E-state index is 0.00578. The highest BCUT2D eigenvalue weighted by molar-refractivity contribution is 5.75. The van der Waals surface area contributed by atoms with Crippen molar-refractivity contribution >= 4 is 6.03 Å². The van der Waals surface area contributed by atoms with Crippen molar-refractivity contribution in [3.63, 3.8) is 0 Å². The maximum absolute atomic E-state index is 12.5. The van der Waals surface area contributed by atoms with Gasteiger partial charge in [0.2, 0.25) is 0 Å². The molecule has 6 heteroatoms. The first-order valence-corrected chi connectivity index (χ1v) is 8.99. The van der Waals surface area contributed by atoms with Gasteiger partial charge in [0, 0.05) is 25.5 Å². The second kappa shape index (κ2) is 9.08. The summed E-state index contributed by atoms with van der Waals surface area (Å²) in [5.74, 6) is 1.60. The smallest absolute Gasteiger partial charge is 0.317 e. The highest BCUT2D eigenvalue weighted by Crippen LogP contribution is 2.31. The summed E-state index contributed by atoms with van der Waals surface area (Å²) < 4.78 is 10.8. The normalized spacial score (nSPS) is 16.3. The Morgan fingerprint density at radius 1 is 1.19 bits per heavy atom. The fourth-order valence-corrected chi connectivity index (χ4v) is 3.17. The lowest BCUT2D eigenvalue weighted by atomic mass is 10.1. The van der Waals surface area contributed by atoms with E-state index in [0.717, 1.165) is 42.9 Å². The molecule has 1 aliphatic heterocycles. The molecule has 0 spiro atoms. The molecule has 1 saturated heterocycles. The molecular formula is C20H25N3O3. The van der Waals surface area contributed by atoms with E-state index in [4.69, 9.17) is 9.47 Å². The predicted octanol–water partition coefficient (Wildman–Crippen LogP) is 3.41. The maximum atomic E-state index is 12.5. The molecule has 2 heterocycles. The third-order valence-electron chi connectivity index (χ3n) is 4.53. The Balaban J connectivity index is 1.39. The van der Waals surface area contributed by atoms with E-state index in [0.29, 0.717) is 13.2 Å². The molecule has 0 aliphatic carbocycles. The molecule has 1 atom stereocenters. The highest BCUT2D eigenvalue weighted by atomic mass is 16.5. The van der Waals surface area contributed by atoms with E-state index in [2.05, 4.69) is 10.3 Å². The van der Waals surface area contributed by atoms with E-state index in [-0.39, 0.29) is 12.1 Å². The van der Waals surface area contributed by atoms with Crippen LogP contribution in [0.5, 0.6) is 11.5 Å². The van der Waals surface area contributed by atoms with Crippen LogP contribution in [0, 0.1) is 0 Å². The van der Waals surface area contributed by atoms with Gasteiger partial charge in [-0.1, -0.05) is 0 Å². The maximum Gasteiger partial charge on any atom is 0.317 e. The molecule has 1 N–H and O–H groups in total. The number of nitrogens with one attached hydrogen (secondary N) is 1. The summed E-state index contributed by atoms with van der Waals surface area (Å²) in [6, 6.07) is 11.6. The van der Waals surface area contributed by atoms with Gasteiger partial charge in [-0.15, -0.1) is 0 Å². The fraction of sp³-hybridized carbons (Fsp3) is 0.400. The molecule has 0 saturated carbocycles. The van der Waals surface area contributed by atoms with Crippen molar-refractivity contribution in [2.75, 3.05) is 26.8 Å². The minimum atomic E-state index is -0.00578. The summed E-state index contributed by atoms with van der Waals surface area (Å²) in [6.07, 6.45) is 6.34. The van der Waals surface area contributed by atoms with E-state index < -0.39 is 0 Å². The number of hydrogen-bond acceptors (Lipinski definition) is 4. The van der Waals surface area contributed by atoms with Gasteiger partial charge in [-0.25, -0.2) is 4.79 Å². The van der Waals surface area contributed by atoms with Gasteiger partial charge in [-0.2, -0.15) is 0 Å². The summed E-state index contributed by atoms with van der Waals surface area (Å²) >= 11 is 0. The molecule has 1 aliphatic rings. The highest BCUT2D eigenvalue weighted by Gasteiger charge is 2.29. The van der Waals surface area contributed by atoms with Gasteiger partial charge in [-0.05, 0) is 61.2 Å².